The van der Waals surface area contributed by atoms with Crippen molar-refractivity contribution in [2.24, 2.45) is 0 Å². The summed E-state index contributed by atoms with van der Waals surface area (Å²) >= 11 is 5.01. The molecule has 0 aromatic heterocycles. The van der Waals surface area contributed by atoms with Gasteiger partial charge < -0.3 is 9.94 Å². The van der Waals surface area contributed by atoms with Crippen LogP contribution in [0.25, 0.3) is 0 Å². The van der Waals surface area contributed by atoms with Crippen LogP contribution in [0.4, 0.5) is 0 Å². The smallest absolute Gasteiger partial charge is 0.347 e. The van der Waals surface area contributed by atoms with E-state index < -0.39 is 17.4 Å². The highest BCUT2D eigenvalue weighted by atomic mass is 35.5. The van der Waals surface area contributed by atoms with Gasteiger partial charge >= 0.3 is 11.9 Å². The molecule has 1 aromatic rings. The zero-order valence-corrected chi connectivity index (χ0v) is 9.19. The van der Waals surface area contributed by atoms with Crippen LogP contribution in [0.15, 0.2) is 30.3 Å². The van der Waals surface area contributed by atoms with Crippen LogP contribution in [0.3, 0.4) is 0 Å². The van der Waals surface area contributed by atoms with Crippen LogP contribution < -0.4 is 5.00 Å². The molecule has 0 radical (unpaired) electrons. The first-order chi connectivity index (χ1) is 7.53. The molecule has 0 saturated heterocycles. The molecule has 0 aliphatic carbocycles. The first-order valence-corrected chi connectivity index (χ1v) is 4.77. The number of carboxylic acid groups (broad SMARTS) is 1. The molecule has 0 aliphatic heterocycles. The number of carbonyl (C=O) groups is 2. The molecular formula is C10H10ClNO4. The van der Waals surface area contributed by atoms with Gasteiger partial charge in [0.05, 0.1) is 0 Å². The van der Waals surface area contributed by atoms with Gasteiger partial charge in [0, 0.05) is 11.8 Å². The van der Waals surface area contributed by atoms with E-state index in [0.29, 0.717) is 5.56 Å². The Morgan fingerprint density at radius 1 is 1.38 bits per heavy atom. The van der Waals surface area contributed by atoms with E-state index in [1.54, 1.807) is 23.2 Å². The Morgan fingerprint density at radius 3 is 2.38 bits per heavy atom. The number of rotatable bonds is 4. The summed E-state index contributed by atoms with van der Waals surface area (Å²) in [6, 6.07) is 8.06. The zero-order chi connectivity index (χ0) is 12.2. The molecule has 1 rings (SSSR count). The molecule has 0 bridgehead atoms. The third kappa shape index (κ3) is 2.15. The predicted molar refractivity (Wildman–Crippen MR) is 56.5 cm³/mol. The molecule has 0 amide bonds. The minimum Gasteiger partial charge on any atom is -0.480 e. The highest BCUT2D eigenvalue weighted by Crippen LogP contribution is 2.25. The van der Waals surface area contributed by atoms with Gasteiger partial charge in [-0.3, -0.25) is 4.79 Å². The number of benzene rings is 1. The molecule has 1 unspecified atom stereocenters. The number of carboxylic acids is 1. The van der Waals surface area contributed by atoms with Gasteiger partial charge in [-0.05, 0) is 12.5 Å². The average Bonchev–Trinajstić information content (AvgIpc) is 2.29. The molecule has 86 valence electrons. The molecular weight excluding hydrogens is 234 g/mol. The van der Waals surface area contributed by atoms with Gasteiger partial charge in [-0.25, -0.2) is 4.79 Å². The van der Waals surface area contributed by atoms with Gasteiger partial charge in [-0.2, -0.15) is 0 Å². The lowest BCUT2D eigenvalue weighted by atomic mass is 9.83. The first-order valence-electron chi connectivity index (χ1n) is 4.39. The second-order valence-corrected chi connectivity index (χ2v) is 3.42. The van der Waals surface area contributed by atoms with Gasteiger partial charge in [0.25, 0.3) is 0 Å². The number of hydrogen-bond acceptors (Lipinski definition) is 4. The average molecular weight is 244 g/mol. The van der Waals surface area contributed by atoms with Crippen molar-refractivity contribution in [1.29, 1.82) is 0 Å². The van der Waals surface area contributed by atoms with Crippen molar-refractivity contribution >= 4 is 23.7 Å². The monoisotopic (exact) mass is 243 g/mol. The molecule has 6 heteroatoms. The number of carbonyl (C=O) groups excluding carboxylic acids is 1. The number of hydrogen-bond donors (Lipinski definition) is 2. The van der Waals surface area contributed by atoms with Gasteiger partial charge in [0.2, 0.25) is 0 Å². The number of halogens is 1. The van der Waals surface area contributed by atoms with E-state index in [2.05, 4.69) is 4.84 Å². The van der Waals surface area contributed by atoms with E-state index in [1.807, 2.05) is 0 Å². The minimum absolute atomic E-state index is 0.319. The highest BCUT2D eigenvalue weighted by molar-refractivity contribution is 6.13. The Kier molecular flexibility index (Phi) is 3.87. The molecule has 1 aromatic carbocycles. The van der Waals surface area contributed by atoms with Crippen LogP contribution in [-0.2, 0) is 19.8 Å². The van der Waals surface area contributed by atoms with Crippen LogP contribution in [0.5, 0.6) is 0 Å². The summed E-state index contributed by atoms with van der Waals surface area (Å²) in [5.41, 5.74) is -1.47. The van der Waals surface area contributed by atoms with E-state index in [4.69, 9.17) is 16.9 Å². The molecule has 1 atom stereocenters. The molecule has 5 nitrogen and oxygen atoms in total. The van der Waals surface area contributed by atoms with Crippen LogP contribution >= 0.6 is 11.8 Å². The van der Waals surface area contributed by atoms with E-state index in [-0.39, 0.29) is 0 Å². The van der Waals surface area contributed by atoms with Crippen LogP contribution in [0, 0.1) is 0 Å². The molecule has 0 spiro atoms. The van der Waals surface area contributed by atoms with Gasteiger partial charge in [-0.15, -0.1) is 0 Å². The molecule has 0 saturated carbocycles. The Hall–Kier alpha value is -1.59. The van der Waals surface area contributed by atoms with Crippen LogP contribution in [-0.4, -0.2) is 17.0 Å². The summed E-state index contributed by atoms with van der Waals surface area (Å²) in [6.07, 6.45) is 0. The quantitative estimate of drug-likeness (QED) is 0.473. The fourth-order valence-corrected chi connectivity index (χ4v) is 1.31. The van der Waals surface area contributed by atoms with E-state index in [1.165, 1.54) is 19.1 Å². The summed E-state index contributed by atoms with van der Waals surface area (Å²) in [4.78, 5) is 28.7. The van der Waals surface area contributed by atoms with Crippen molar-refractivity contribution in [3.8, 4) is 0 Å². The zero-order valence-electron chi connectivity index (χ0n) is 8.44. The SMILES string of the molecule is CC(C(=O)O)(C(=O)ONCl)c1ccccc1. The van der Waals surface area contributed by atoms with Crippen molar-refractivity contribution < 1.29 is 19.5 Å². The van der Waals surface area contributed by atoms with Crippen molar-refractivity contribution in [3.05, 3.63) is 35.9 Å². The molecule has 0 aliphatic rings. The fourth-order valence-electron chi connectivity index (χ4n) is 1.24. The lowest BCUT2D eigenvalue weighted by Crippen LogP contribution is -2.43. The van der Waals surface area contributed by atoms with E-state index in [0.717, 1.165) is 0 Å². The summed E-state index contributed by atoms with van der Waals surface area (Å²) in [5.74, 6) is -2.29. The van der Waals surface area contributed by atoms with Crippen molar-refractivity contribution in [2.75, 3.05) is 0 Å². The Morgan fingerprint density at radius 2 is 1.94 bits per heavy atom. The van der Waals surface area contributed by atoms with E-state index in [9.17, 15) is 9.59 Å². The second-order valence-electron chi connectivity index (χ2n) is 3.26. The lowest BCUT2D eigenvalue weighted by Gasteiger charge is -2.21. The molecule has 0 heterocycles. The van der Waals surface area contributed by atoms with Gasteiger partial charge in [0.1, 0.15) is 0 Å². The van der Waals surface area contributed by atoms with Crippen molar-refractivity contribution in [1.82, 2.24) is 5.00 Å². The van der Waals surface area contributed by atoms with Crippen LogP contribution in [0.1, 0.15) is 12.5 Å². The molecule has 16 heavy (non-hydrogen) atoms. The largest absolute Gasteiger partial charge is 0.480 e. The van der Waals surface area contributed by atoms with Crippen LogP contribution in [0.2, 0.25) is 0 Å². The Bertz CT molecular complexity index is 395. The summed E-state index contributed by atoms with van der Waals surface area (Å²) < 4.78 is 0. The van der Waals surface area contributed by atoms with Crippen molar-refractivity contribution in [3.63, 3.8) is 0 Å². The fraction of sp³-hybridized carbons (Fsp3) is 0.200. The minimum atomic E-state index is -1.79. The summed E-state index contributed by atoms with van der Waals surface area (Å²) in [5, 5.41) is 9.11. The highest BCUT2D eigenvalue weighted by Gasteiger charge is 2.45. The third-order valence-corrected chi connectivity index (χ3v) is 2.40. The summed E-state index contributed by atoms with van der Waals surface area (Å²) in [6.45, 7) is 1.25. The summed E-state index contributed by atoms with van der Waals surface area (Å²) in [7, 11) is 0. The second kappa shape index (κ2) is 4.96. The maximum atomic E-state index is 11.6. The normalized spacial score (nSPS) is 13.9. The number of aliphatic carboxylic acids is 1. The lowest BCUT2D eigenvalue weighted by molar-refractivity contribution is -0.163. The van der Waals surface area contributed by atoms with E-state index >= 15 is 0 Å². The molecule has 0 fully saturated rings. The standard InChI is InChI=1S/C10H10ClNO4/c1-10(8(13)14,9(15)16-12-11)7-5-3-2-4-6-7/h2-6,12H,1H3,(H,13,14). The van der Waals surface area contributed by atoms with Gasteiger partial charge in [0.15, 0.2) is 5.41 Å². The topological polar surface area (TPSA) is 75.6 Å². The third-order valence-electron chi connectivity index (χ3n) is 2.32. The Labute approximate surface area is 97.0 Å². The van der Waals surface area contributed by atoms with Crippen molar-refractivity contribution in [2.45, 2.75) is 12.3 Å². The van der Waals surface area contributed by atoms with Gasteiger partial charge in [-0.1, -0.05) is 35.3 Å². The number of nitrogens with one attached hydrogen (secondary N) is 1. The maximum Gasteiger partial charge on any atom is 0.347 e. The predicted octanol–water partition coefficient (Wildman–Crippen LogP) is 1.23. The molecule has 2 N–H and O–H groups in total. The first kappa shape index (κ1) is 12.5. The Balaban J connectivity index is 3.17. The maximum absolute atomic E-state index is 11.6.